The van der Waals surface area contributed by atoms with E-state index in [-0.39, 0.29) is 12.2 Å². The van der Waals surface area contributed by atoms with Crippen LogP contribution in [0.3, 0.4) is 0 Å². The monoisotopic (exact) mass is 234 g/mol. The van der Waals surface area contributed by atoms with E-state index in [2.05, 4.69) is 4.98 Å². The van der Waals surface area contributed by atoms with Crippen molar-refractivity contribution in [2.24, 2.45) is 0 Å². The summed E-state index contributed by atoms with van der Waals surface area (Å²) in [6.07, 6.45) is 0.629. The molecule has 2 N–H and O–H groups in total. The first-order valence-corrected chi connectivity index (χ1v) is 5.45. The summed E-state index contributed by atoms with van der Waals surface area (Å²) in [5.41, 5.74) is 1.53. The standard InChI is InChI=1S/C12H14N2O3/c1-8-13-11-9(12(16)17)4-2-5-10(11)14(8)6-3-7-15/h2,4-5,15H,3,6-7H2,1H3,(H,16,17). The van der Waals surface area contributed by atoms with Crippen LogP contribution in [0.25, 0.3) is 11.0 Å². The van der Waals surface area contributed by atoms with E-state index in [1.54, 1.807) is 12.1 Å². The van der Waals surface area contributed by atoms with Crippen LogP contribution in [0.5, 0.6) is 0 Å². The quantitative estimate of drug-likeness (QED) is 0.839. The number of aryl methyl sites for hydroxylation is 2. The predicted octanol–water partition coefficient (Wildman–Crippen LogP) is 1.43. The van der Waals surface area contributed by atoms with E-state index in [0.29, 0.717) is 18.5 Å². The van der Waals surface area contributed by atoms with Gasteiger partial charge in [0.05, 0.1) is 11.1 Å². The molecule has 17 heavy (non-hydrogen) atoms. The van der Waals surface area contributed by atoms with Gasteiger partial charge in [-0.2, -0.15) is 0 Å². The van der Waals surface area contributed by atoms with E-state index in [1.165, 1.54) is 0 Å². The summed E-state index contributed by atoms with van der Waals surface area (Å²) in [4.78, 5) is 15.3. The van der Waals surface area contributed by atoms with E-state index in [9.17, 15) is 4.79 Å². The number of benzene rings is 1. The van der Waals surface area contributed by atoms with E-state index >= 15 is 0 Å². The minimum atomic E-state index is -0.970. The maximum atomic E-state index is 11.1. The van der Waals surface area contributed by atoms with E-state index in [4.69, 9.17) is 10.2 Å². The maximum Gasteiger partial charge on any atom is 0.337 e. The second-order valence-electron chi connectivity index (χ2n) is 3.87. The third-order valence-electron chi connectivity index (χ3n) is 2.74. The van der Waals surface area contributed by atoms with Gasteiger partial charge in [0.25, 0.3) is 0 Å². The number of aliphatic hydroxyl groups is 1. The van der Waals surface area contributed by atoms with Gasteiger partial charge < -0.3 is 14.8 Å². The number of rotatable bonds is 4. The lowest BCUT2D eigenvalue weighted by molar-refractivity contribution is 0.0699. The van der Waals surface area contributed by atoms with Crippen molar-refractivity contribution in [2.75, 3.05) is 6.61 Å². The fourth-order valence-electron chi connectivity index (χ4n) is 1.95. The van der Waals surface area contributed by atoms with Gasteiger partial charge in [0.2, 0.25) is 0 Å². The molecule has 0 aliphatic heterocycles. The number of carboxylic acids is 1. The minimum Gasteiger partial charge on any atom is -0.478 e. The van der Waals surface area contributed by atoms with Crippen LogP contribution in [-0.4, -0.2) is 32.3 Å². The fourth-order valence-corrected chi connectivity index (χ4v) is 1.95. The smallest absolute Gasteiger partial charge is 0.337 e. The van der Waals surface area contributed by atoms with Crippen LogP contribution in [0.4, 0.5) is 0 Å². The molecule has 1 aromatic heterocycles. The summed E-state index contributed by atoms with van der Waals surface area (Å²) in [5.74, 6) is -0.204. The fraction of sp³-hybridized carbons (Fsp3) is 0.333. The average molecular weight is 234 g/mol. The predicted molar refractivity (Wildman–Crippen MR) is 63.1 cm³/mol. The number of para-hydroxylation sites is 1. The molecule has 2 rings (SSSR count). The number of fused-ring (bicyclic) bond motifs is 1. The van der Waals surface area contributed by atoms with Gasteiger partial charge in [0.15, 0.2) is 0 Å². The van der Waals surface area contributed by atoms with Gasteiger partial charge in [-0.05, 0) is 25.5 Å². The zero-order valence-electron chi connectivity index (χ0n) is 9.55. The second-order valence-corrected chi connectivity index (χ2v) is 3.87. The first kappa shape index (κ1) is 11.6. The van der Waals surface area contributed by atoms with Gasteiger partial charge in [-0.25, -0.2) is 9.78 Å². The molecule has 0 bridgehead atoms. The van der Waals surface area contributed by atoms with E-state index in [1.807, 2.05) is 17.6 Å². The molecule has 2 aromatic rings. The lowest BCUT2D eigenvalue weighted by Gasteiger charge is -2.05. The number of imidazole rings is 1. The highest BCUT2D eigenvalue weighted by molar-refractivity contribution is 6.01. The first-order valence-electron chi connectivity index (χ1n) is 5.45. The van der Waals surface area contributed by atoms with Crippen LogP contribution in [-0.2, 0) is 6.54 Å². The molecule has 1 aromatic carbocycles. The lowest BCUT2D eigenvalue weighted by Crippen LogP contribution is -2.02. The number of aliphatic hydroxyl groups excluding tert-OH is 1. The van der Waals surface area contributed by atoms with E-state index < -0.39 is 5.97 Å². The van der Waals surface area contributed by atoms with Crippen molar-refractivity contribution >= 4 is 17.0 Å². The zero-order chi connectivity index (χ0) is 12.4. The Kier molecular flexibility index (Phi) is 3.10. The number of hydrogen-bond donors (Lipinski definition) is 2. The van der Waals surface area contributed by atoms with Crippen LogP contribution in [0, 0.1) is 6.92 Å². The highest BCUT2D eigenvalue weighted by Crippen LogP contribution is 2.20. The van der Waals surface area contributed by atoms with E-state index in [0.717, 1.165) is 11.3 Å². The lowest BCUT2D eigenvalue weighted by atomic mass is 10.2. The van der Waals surface area contributed by atoms with Gasteiger partial charge in [-0.15, -0.1) is 0 Å². The topological polar surface area (TPSA) is 75.3 Å². The summed E-state index contributed by atoms with van der Waals surface area (Å²) in [5, 5.41) is 17.9. The molecule has 0 saturated heterocycles. The Bertz CT molecular complexity index is 560. The Morgan fingerprint density at radius 3 is 2.88 bits per heavy atom. The summed E-state index contributed by atoms with van der Waals surface area (Å²) < 4.78 is 1.93. The molecule has 1 heterocycles. The molecule has 5 heteroatoms. The molecular formula is C12H14N2O3. The van der Waals surface area contributed by atoms with Crippen LogP contribution in [0.15, 0.2) is 18.2 Å². The van der Waals surface area contributed by atoms with Crippen LogP contribution in [0.2, 0.25) is 0 Å². The molecule has 90 valence electrons. The summed E-state index contributed by atoms with van der Waals surface area (Å²) in [7, 11) is 0. The molecule has 0 spiro atoms. The van der Waals surface area contributed by atoms with Gasteiger partial charge in [-0.1, -0.05) is 6.07 Å². The average Bonchev–Trinajstić information content (AvgIpc) is 2.61. The van der Waals surface area contributed by atoms with Gasteiger partial charge >= 0.3 is 5.97 Å². The molecule has 0 radical (unpaired) electrons. The van der Waals surface area contributed by atoms with Gasteiger partial charge in [-0.3, -0.25) is 0 Å². The normalized spacial score (nSPS) is 10.9. The molecule has 0 atom stereocenters. The van der Waals surface area contributed by atoms with Crippen LogP contribution < -0.4 is 0 Å². The summed E-state index contributed by atoms with van der Waals surface area (Å²) in [6, 6.07) is 5.11. The molecule has 0 aliphatic carbocycles. The number of carbonyl (C=O) groups is 1. The molecule has 5 nitrogen and oxygen atoms in total. The van der Waals surface area contributed by atoms with Crippen molar-refractivity contribution in [1.82, 2.24) is 9.55 Å². The Balaban J connectivity index is 2.59. The molecule has 0 saturated carbocycles. The Morgan fingerprint density at radius 1 is 1.47 bits per heavy atom. The molecular weight excluding hydrogens is 220 g/mol. The largest absolute Gasteiger partial charge is 0.478 e. The van der Waals surface area contributed by atoms with Gasteiger partial charge in [0.1, 0.15) is 11.3 Å². The minimum absolute atomic E-state index is 0.109. The summed E-state index contributed by atoms with van der Waals surface area (Å²) in [6.45, 7) is 2.59. The number of nitrogens with zero attached hydrogens (tertiary/aromatic N) is 2. The number of aromatic nitrogens is 2. The third kappa shape index (κ3) is 2.01. The maximum absolute atomic E-state index is 11.1. The highest BCUT2D eigenvalue weighted by Gasteiger charge is 2.14. The van der Waals surface area contributed by atoms with Crippen molar-refractivity contribution in [3.63, 3.8) is 0 Å². The number of hydrogen-bond acceptors (Lipinski definition) is 3. The molecule has 0 aliphatic rings. The SMILES string of the molecule is Cc1nc2c(C(=O)O)cccc2n1CCCO. The van der Waals surface area contributed by atoms with Gasteiger partial charge in [0, 0.05) is 13.2 Å². The Morgan fingerprint density at radius 2 is 2.24 bits per heavy atom. The summed E-state index contributed by atoms with van der Waals surface area (Å²) >= 11 is 0. The Labute approximate surface area is 98.3 Å². The van der Waals surface area contributed by atoms with Crippen molar-refractivity contribution in [1.29, 1.82) is 0 Å². The highest BCUT2D eigenvalue weighted by atomic mass is 16.4. The van der Waals surface area contributed by atoms with Crippen molar-refractivity contribution in [3.8, 4) is 0 Å². The number of aromatic carboxylic acids is 1. The Hall–Kier alpha value is -1.88. The zero-order valence-corrected chi connectivity index (χ0v) is 9.55. The molecule has 0 amide bonds. The van der Waals surface area contributed by atoms with Crippen LogP contribution >= 0.6 is 0 Å². The van der Waals surface area contributed by atoms with Crippen molar-refractivity contribution in [3.05, 3.63) is 29.6 Å². The second kappa shape index (κ2) is 4.55. The van der Waals surface area contributed by atoms with Crippen molar-refractivity contribution < 1.29 is 15.0 Å². The van der Waals surface area contributed by atoms with Crippen molar-refractivity contribution in [2.45, 2.75) is 19.9 Å². The first-order chi connectivity index (χ1) is 8.15. The molecule has 0 unspecified atom stereocenters. The van der Waals surface area contributed by atoms with Crippen LogP contribution in [0.1, 0.15) is 22.6 Å². The molecule has 0 fully saturated rings. The number of carboxylic acid groups (broad SMARTS) is 1. The third-order valence-corrected chi connectivity index (χ3v) is 2.74.